The van der Waals surface area contributed by atoms with Crippen molar-refractivity contribution in [3.05, 3.63) is 0 Å². The molecule has 2 rings (SSSR count). The minimum atomic E-state index is 0.153. The van der Waals surface area contributed by atoms with Gasteiger partial charge in [-0.05, 0) is 19.3 Å². The third-order valence-electron chi connectivity index (χ3n) is 3.43. The van der Waals surface area contributed by atoms with E-state index in [0.29, 0.717) is 6.04 Å². The molecule has 2 atom stereocenters. The fraction of sp³-hybridized carbons (Fsp3) is 0.900. The van der Waals surface area contributed by atoms with Crippen LogP contribution in [-0.2, 0) is 4.74 Å². The first-order valence-corrected chi connectivity index (χ1v) is 5.24. The number of nitrogens with one attached hydrogen (secondary N) is 1. The largest absolute Gasteiger partial charge is 0.411 e. The number of nitrogens with zero attached hydrogens (tertiary/aromatic N) is 1. The third-order valence-corrected chi connectivity index (χ3v) is 3.43. The summed E-state index contributed by atoms with van der Waals surface area (Å²) in [5, 5.41) is 15.8. The Bertz CT molecular complexity index is 242. The molecule has 4 heteroatoms. The SMILES string of the molecule is COCCC12CCC(CC(=NO)C1)N2. The lowest BCUT2D eigenvalue weighted by molar-refractivity contribution is 0.157. The Morgan fingerprint density at radius 3 is 3.29 bits per heavy atom. The van der Waals surface area contributed by atoms with Crippen molar-refractivity contribution in [2.45, 2.75) is 43.7 Å². The van der Waals surface area contributed by atoms with E-state index in [9.17, 15) is 0 Å². The average Bonchev–Trinajstić information content (AvgIpc) is 2.52. The van der Waals surface area contributed by atoms with Crippen molar-refractivity contribution in [1.82, 2.24) is 5.32 Å². The minimum Gasteiger partial charge on any atom is -0.411 e. The Hall–Kier alpha value is -0.610. The molecule has 0 radical (unpaired) electrons. The number of ether oxygens (including phenoxy) is 1. The molecular weight excluding hydrogens is 180 g/mol. The molecule has 4 nitrogen and oxygen atoms in total. The minimum absolute atomic E-state index is 0.153. The van der Waals surface area contributed by atoms with Crippen LogP contribution in [0.4, 0.5) is 0 Å². The topological polar surface area (TPSA) is 53.9 Å². The highest BCUT2D eigenvalue weighted by Gasteiger charge is 2.43. The summed E-state index contributed by atoms with van der Waals surface area (Å²) in [5.74, 6) is 0. The van der Waals surface area contributed by atoms with Crippen LogP contribution in [0.15, 0.2) is 5.16 Å². The molecule has 0 aromatic carbocycles. The summed E-state index contributed by atoms with van der Waals surface area (Å²) in [6, 6.07) is 0.520. The van der Waals surface area contributed by atoms with Crippen molar-refractivity contribution in [3.63, 3.8) is 0 Å². The average molecular weight is 198 g/mol. The maximum absolute atomic E-state index is 8.82. The molecule has 2 unspecified atom stereocenters. The van der Waals surface area contributed by atoms with Gasteiger partial charge in [0.1, 0.15) is 0 Å². The Morgan fingerprint density at radius 1 is 1.71 bits per heavy atom. The van der Waals surface area contributed by atoms with Gasteiger partial charge in [0.15, 0.2) is 0 Å². The molecule has 2 heterocycles. The van der Waals surface area contributed by atoms with Crippen molar-refractivity contribution >= 4 is 5.71 Å². The Morgan fingerprint density at radius 2 is 2.57 bits per heavy atom. The number of hydrogen-bond donors (Lipinski definition) is 2. The highest BCUT2D eigenvalue weighted by molar-refractivity contribution is 5.86. The van der Waals surface area contributed by atoms with Crippen molar-refractivity contribution < 1.29 is 9.94 Å². The lowest BCUT2D eigenvalue weighted by Crippen LogP contribution is -2.50. The molecule has 2 saturated heterocycles. The van der Waals surface area contributed by atoms with Gasteiger partial charge in [-0.3, -0.25) is 0 Å². The second-order valence-corrected chi connectivity index (χ2v) is 4.45. The zero-order valence-corrected chi connectivity index (χ0v) is 8.62. The molecule has 2 bridgehead atoms. The van der Waals surface area contributed by atoms with E-state index in [0.717, 1.165) is 31.6 Å². The van der Waals surface area contributed by atoms with E-state index in [2.05, 4.69) is 10.5 Å². The number of hydrogen-bond acceptors (Lipinski definition) is 4. The van der Waals surface area contributed by atoms with Crippen molar-refractivity contribution in [2.24, 2.45) is 5.16 Å². The van der Waals surface area contributed by atoms with Gasteiger partial charge in [-0.25, -0.2) is 0 Å². The first-order valence-electron chi connectivity index (χ1n) is 5.24. The van der Waals surface area contributed by atoms with Gasteiger partial charge in [0, 0.05) is 38.1 Å². The van der Waals surface area contributed by atoms with Crippen LogP contribution >= 0.6 is 0 Å². The van der Waals surface area contributed by atoms with Gasteiger partial charge in [-0.1, -0.05) is 5.16 Å². The molecule has 2 aliphatic rings. The lowest BCUT2D eigenvalue weighted by atomic mass is 9.86. The standard InChI is InChI=1S/C10H18N2O2/c1-14-5-4-10-3-2-8(11-10)6-9(7-10)12-13/h8,11,13H,2-7H2,1H3. The van der Waals surface area contributed by atoms with Gasteiger partial charge >= 0.3 is 0 Å². The summed E-state index contributed by atoms with van der Waals surface area (Å²) in [4.78, 5) is 0. The monoisotopic (exact) mass is 198 g/mol. The Labute approximate surface area is 84.3 Å². The summed E-state index contributed by atoms with van der Waals surface area (Å²) >= 11 is 0. The first-order chi connectivity index (χ1) is 6.78. The molecule has 2 N–H and O–H groups in total. The summed E-state index contributed by atoms with van der Waals surface area (Å²) in [6.45, 7) is 0.776. The molecule has 2 aliphatic heterocycles. The van der Waals surface area contributed by atoms with Gasteiger partial charge in [-0.15, -0.1) is 0 Å². The van der Waals surface area contributed by atoms with Crippen LogP contribution in [-0.4, -0.2) is 36.2 Å². The summed E-state index contributed by atoms with van der Waals surface area (Å²) in [5.41, 5.74) is 1.10. The van der Waals surface area contributed by atoms with Crippen LogP contribution in [0.2, 0.25) is 0 Å². The van der Waals surface area contributed by atoms with Gasteiger partial charge in [0.2, 0.25) is 0 Å². The maximum Gasteiger partial charge on any atom is 0.0604 e. The van der Waals surface area contributed by atoms with Crippen LogP contribution in [0.25, 0.3) is 0 Å². The third kappa shape index (κ3) is 1.77. The van der Waals surface area contributed by atoms with Gasteiger partial charge < -0.3 is 15.3 Å². The predicted molar refractivity (Wildman–Crippen MR) is 53.8 cm³/mol. The van der Waals surface area contributed by atoms with Gasteiger partial charge in [0.05, 0.1) is 5.71 Å². The second kappa shape index (κ2) is 3.87. The zero-order valence-electron chi connectivity index (χ0n) is 8.62. The maximum atomic E-state index is 8.82. The summed E-state index contributed by atoms with van der Waals surface area (Å²) < 4.78 is 5.12. The molecule has 14 heavy (non-hydrogen) atoms. The molecule has 0 amide bonds. The van der Waals surface area contributed by atoms with Gasteiger partial charge in [0.25, 0.3) is 0 Å². The lowest BCUT2D eigenvalue weighted by Gasteiger charge is -2.34. The van der Waals surface area contributed by atoms with Gasteiger partial charge in [-0.2, -0.15) is 0 Å². The highest BCUT2D eigenvalue weighted by atomic mass is 16.5. The van der Waals surface area contributed by atoms with E-state index in [-0.39, 0.29) is 5.54 Å². The van der Waals surface area contributed by atoms with Crippen LogP contribution in [0, 0.1) is 0 Å². The number of fused-ring (bicyclic) bond motifs is 2. The zero-order chi connectivity index (χ0) is 10.0. The smallest absolute Gasteiger partial charge is 0.0604 e. The molecule has 0 spiro atoms. The summed E-state index contributed by atoms with van der Waals surface area (Å²) in [6.07, 6.45) is 5.18. The molecule has 0 aromatic rings. The van der Waals surface area contributed by atoms with E-state index >= 15 is 0 Å². The van der Waals surface area contributed by atoms with E-state index in [4.69, 9.17) is 9.94 Å². The van der Waals surface area contributed by atoms with E-state index < -0.39 is 0 Å². The molecule has 2 fully saturated rings. The highest BCUT2D eigenvalue weighted by Crippen LogP contribution is 2.36. The molecule has 0 saturated carbocycles. The van der Waals surface area contributed by atoms with E-state index in [1.54, 1.807) is 7.11 Å². The van der Waals surface area contributed by atoms with Crippen LogP contribution in [0.3, 0.4) is 0 Å². The number of rotatable bonds is 3. The number of piperidine rings is 1. The Balaban J connectivity index is 2.03. The van der Waals surface area contributed by atoms with Crippen molar-refractivity contribution in [2.75, 3.05) is 13.7 Å². The molecular formula is C10H18N2O2. The fourth-order valence-corrected chi connectivity index (χ4v) is 2.73. The first kappa shape index (κ1) is 9.93. The predicted octanol–water partition coefficient (Wildman–Crippen LogP) is 1.14. The molecule has 80 valence electrons. The van der Waals surface area contributed by atoms with Crippen LogP contribution in [0.5, 0.6) is 0 Å². The van der Waals surface area contributed by atoms with E-state index in [1.807, 2.05) is 0 Å². The molecule has 0 aliphatic carbocycles. The summed E-state index contributed by atoms with van der Waals surface area (Å²) in [7, 11) is 1.73. The molecule has 0 aromatic heterocycles. The Kier molecular flexibility index (Phi) is 2.74. The van der Waals surface area contributed by atoms with Crippen molar-refractivity contribution in [1.29, 1.82) is 0 Å². The van der Waals surface area contributed by atoms with Crippen molar-refractivity contribution in [3.8, 4) is 0 Å². The number of methoxy groups -OCH3 is 1. The normalized spacial score (nSPS) is 39.2. The number of oxime groups is 1. The quantitative estimate of drug-likeness (QED) is 0.528. The van der Waals surface area contributed by atoms with Crippen LogP contribution in [0.1, 0.15) is 32.1 Å². The van der Waals surface area contributed by atoms with E-state index in [1.165, 1.54) is 12.8 Å². The fourth-order valence-electron chi connectivity index (χ4n) is 2.73. The second-order valence-electron chi connectivity index (χ2n) is 4.45. The van der Waals surface area contributed by atoms with Crippen LogP contribution < -0.4 is 5.32 Å².